The molecule has 2 aromatic carbocycles. The minimum atomic E-state index is 0.566. The monoisotopic (exact) mass is 350 g/mol. The number of methoxy groups -OCH3 is 2. The van der Waals surface area contributed by atoms with Crippen LogP contribution in [0.3, 0.4) is 0 Å². The molecule has 6 nitrogen and oxygen atoms in total. The largest absolute Gasteiger partial charge is 0.493 e. The molecular formula is C20H22N4O2. The predicted octanol–water partition coefficient (Wildman–Crippen LogP) is 4.16. The fourth-order valence-electron chi connectivity index (χ4n) is 2.46. The Labute approximate surface area is 153 Å². The Balaban J connectivity index is 1.68. The van der Waals surface area contributed by atoms with Crippen molar-refractivity contribution < 1.29 is 9.47 Å². The van der Waals surface area contributed by atoms with Crippen LogP contribution < -0.4 is 20.1 Å². The average Bonchev–Trinajstić information content (AvgIpc) is 2.68. The van der Waals surface area contributed by atoms with Crippen LogP contribution in [0.25, 0.3) is 0 Å². The molecule has 0 atom stereocenters. The molecule has 0 fully saturated rings. The highest BCUT2D eigenvalue weighted by Gasteiger charge is 2.06. The van der Waals surface area contributed by atoms with E-state index in [1.54, 1.807) is 20.4 Å². The molecule has 0 aliphatic rings. The summed E-state index contributed by atoms with van der Waals surface area (Å²) in [5, 5.41) is 6.49. The first kappa shape index (κ1) is 17.5. The van der Waals surface area contributed by atoms with Gasteiger partial charge in [0, 0.05) is 24.5 Å². The molecule has 134 valence electrons. The topological polar surface area (TPSA) is 68.3 Å². The Bertz CT molecular complexity index is 866. The molecule has 0 unspecified atom stereocenters. The molecule has 0 amide bonds. The third kappa shape index (κ3) is 4.42. The second-order valence-electron chi connectivity index (χ2n) is 5.80. The molecule has 26 heavy (non-hydrogen) atoms. The zero-order valence-electron chi connectivity index (χ0n) is 15.1. The molecule has 2 N–H and O–H groups in total. The second kappa shape index (κ2) is 8.20. The molecule has 0 saturated carbocycles. The number of ether oxygens (including phenoxy) is 2. The van der Waals surface area contributed by atoms with Gasteiger partial charge >= 0.3 is 0 Å². The van der Waals surface area contributed by atoms with E-state index >= 15 is 0 Å². The molecule has 0 saturated heterocycles. The summed E-state index contributed by atoms with van der Waals surface area (Å²) in [6, 6.07) is 15.8. The van der Waals surface area contributed by atoms with Gasteiger partial charge in [0.2, 0.25) is 5.95 Å². The van der Waals surface area contributed by atoms with E-state index < -0.39 is 0 Å². The molecule has 0 radical (unpaired) electrons. The number of aryl methyl sites for hydroxylation is 1. The predicted molar refractivity (Wildman–Crippen MR) is 103 cm³/mol. The lowest BCUT2D eigenvalue weighted by molar-refractivity contribution is 0.355. The van der Waals surface area contributed by atoms with E-state index in [0.717, 1.165) is 5.69 Å². The van der Waals surface area contributed by atoms with E-state index in [1.165, 1.54) is 11.1 Å². The normalized spacial score (nSPS) is 10.3. The highest BCUT2D eigenvalue weighted by Crippen LogP contribution is 2.30. The smallest absolute Gasteiger partial charge is 0.224 e. The zero-order valence-corrected chi connectivity index (χ0v) is 15.1. The first-order chi connectivity index (χ1) is 12.7. The molecule has 3 aromatic rings. The van der Waals surface area contributed by atoms with E-state index in [0.29, 0.717) is 29.8 Å². The van der Waals surface area contributed by atoms with E-state index in [4.69, 9.17) is 9.47 Å². The summed E-state index contributed by atoms with van der Waals surface area (Å²) in [5.74, 6) is 2.60. The maximum absolute atomic E-state index is 5.32. The molecule has 6 heteroatoms. The van der Waals surface area contributed by atoms with Gasteiger partial charge in [-0.15, -0.1) is 0 Å². The van der Waals surface area contributed by atoms with Crippen molar-refractivity contribution in [1.29, 1.82) is 0 Å². The van der Waals surface area contributed by atoms with Crippen molar-refractivity contribution >= 4 is 17.5 Å². The van der Waals surface area contributed by atoms with E-state index in [1.807, 2.05) is 24.3 Å². The summed E-state index contributed by atoms with van der Waals surface area (Å²) >= 11 is 0. The maximum atomic E-state index is 5.32. The summed E-state index contributed by atoms with van der Waals surface area (Å²) in [4.78, 5) is 8.76. The molecule has 0 bridgehead atoms. The van der Waals surface area contributed by atoms with E-state index in [2.05, 4.69) is 51.8 Å². The fraction of sp³-hybridized carbons (Fsp3) is 0.200. The minimum Gasteiger partial charge on any atom is -0.493 e. The van der Waals surface area contributed by atoms with Crippen LogP contribution >= 0.6 is 0 Å². The maximum Gasteiger partial charge on any atom is 0.224 e. The van der Waals surface area contributed by atoms with Gasteiger partial charge in [0.25, 0.3) is 0 Å². The molecule has 1 aromatic heterocycles. The zero-order chi connectivity index (χ0) is 18.4. The summed E-state index contributed by atoms with van der Waals surface area (Å²) < 4.78 is 10.6. The quantitative estimate of drug-likeness (QED) is 0.667. The number of nitrogens with zero attached hydrogens (tertiary/aromatic N) is 2. The Morgan fingerprint density at radius 3 is 2.42 bits per heavy atom. The van der Waals surface area contributed by atoms with Crippen LogP contribution in [0.4, 0.5) is 17.5 Å². The van der Waals surface area contributed by atoms with Gasteiger partial charge < -0.3 is 20.1 Å². The van der Waals surface area contributed by atoms with Crippen molar-refractivity contribution in [3.05, 3.63) is 65.9 Å². The summed E-state index contributed by atoms with van der Waals surface area (Å²) in [6.45, 7) is 2.74. The number of hydrogen-bond donors (Lipinski definition) is 2. The van der Waals surface area contributed by atoms with Crippen molar-refractivity contribution in [1.82, 2.24) is 9.97 Å². The fourth-order valence-corrected chi connectivity index (χ4v) is 2.46. The van der Waals surface area contributed by atoms with Crippen LogP contribution in [-0.4, -0.2) is 24.2 Å². The van der Waals surface area contributed by atoms with Crippen molar-refractivity contribution in [2.24, 2.45) is 0 Å². The van der Waals surface area contributed by atoms with Gasteiger partial charge in [0.1, 0.15) is 5.82 Å². The van der Waals surface area contributed by atoms with Gasteiger partial charge in [-0.1, -0.05) is 29.8 Å². The SMILES string of the molecule is COc1ccc(Nc2ccnc(NCc3ccc(C)cc3)n2)cc1OC. The third-order valence-electron chi connectivity index (χ3n) is 3.88. The Morgan fingerprint density at radius 1 is 0.923 bits per heavy atom. The van der Waals surface area contributed by atoms with Gasteiger partial charge in [0.15, 0.2) is 11.5 Å². The first-order valence-corrected chi connectivity index (χ1v) is 8.29. The minimum absolute atomic E-state index is 0.566. The Morgan fingerprint density at radius 2 is 1.69 bits per heavy atom. The number of rotatable bonds is 7. The Kier molecular flexibility index (Phi) is 5.53. The van der Waals surface area contributed by atoms with Crippen LogP contribution in [0.1, 0.15) is 11.1 Å². The number of hydrogen-bond acceptors (Lipinski definition) is 6. The third-order valence-corrected chi connectivity index (χ3v) is 3.88. The Hall–Kier alpha value is -3.28. The molecule has 0 spiro atoms. The molecular weight excluding hydrogens is 328 g/mol. The number of benzene rings is 2. The van der Waals surface area contributed by atoms with Gasteiger partial charge in [-0.3, -0.25) is 0 Å². The van der Waals surface area contributed by atoms with E-state index in [9.17, 15) is 0 Å². The standard InChI is InChI=1S/C20H22N4O2/c1-14-4-6-15(7-5-14)13-22-20-21-11-10-19(24-20)23-16-8-9-17(25-2)18(12-16)26-3/h4-12H,13H2,1-3H3,(H2,21,22,23,24). The summed E-state index contributed by atoms with van der Waals surface area (Å²) in [5.41, 5.74) is 3.27. The van der Waals surface area contributed by atoms with Crippen molar-refractivity contribution in [3.63, 3.8) is 0 Å². The van der Waals surface area contributed by atoms with Gasteiger partial charge in [-0.2, -0.15) is 4.98 Å². The van der Waals surface area contributed by atoms with Crippen LogP contribution in [0.5, 0.6) is 11.5 Å². The second-order valence-corrected chi connectivity index (χ2v) is 5.80. The molecule has 0 aliphatic carbocycles. The summed E-state index contributed by atoms with van der Waals surface area (Å²) in [7, 11) is 3.22. The number of aromatic nitrogens is 2. The van der Waals surface area contributed by atoms with Crippen LogP contribution in [0.2, 0.25) is 0 Å². The highest BCUT2D eigenvalue weighted by atomic mass is 16.5. The number of nitrogens with one attached hydrogen (secondary N) is 2. The van der Waals surface area contributed by atoms with Gasteiger partial charge in [-0.05, 0) is 30.7 Å². The average molecular weight is 350 g/mol. The van der Waals surface area contributed by atoms with Crippen molar-refractivity contribution in [2.45, 2.75) is 13.5 Å². The summed E-state index contributed by atoms with van der Waals surface area (Å²) in [6.07, 6.45) is 1.72. The first-order valence-electron chi connectivity index (χ1n) is 8.29. The van der Waals surface area contributed by atoms with Crippen molar-refractivity contribution in [2.75, 3.05) is 24.9 Å². The molecule has 0 aliphatic heterocycles. The molecule has 3 rings (SSSR count). The van der Waals surface area contributed by atoms with Gasteiger partial charge in [-0.25, -0.2) is 4.98 Å². The lowest BCUT2D eigenvalue weighted by Gasteiger charge is -2.11. The molecule has 1 heterocycles. The lowest BCUT2D eigenvalue weighted by atomic mass is 10.1. The van der Waals surface area contributed by atoms with Crippen LogP contribution in [-0.2, 0) is 6.54 Å². The van der Waals surface area contributed by atoms with E-state index in [-0.39, 0.29) is 0 Å². The van der Waals surface area contributed by atoms with Crippen molar-refractivity contribution in [3.8, 4) is 11.5 Å². The van der Waals surface area contributed by atoms with Crippen LogP contribution in [0.15, 0.2) is 54.7 Å². The lowest BCUT2D eigenvalue weighted by Crippen LogP contribution is -2.05. The van der Waals surface area contributed by atoms with Crippen LogP contribution in [0, 0.1) is 6.92 Å². The number of anilines is 3. The van der Waals surface area contributed by atoms with Gasteiger partial charge in [0.05, 0.1) is 14.2 Å². The highest BCUT2D eigenvalue weighted by molar-refractivity contribution is 5.61.